The van der Waals surface area contributed by atoms with Crippen molar-refractivity contribution in [3.8, 4) is 17.8 Å². The minimum atomic E-state index is -1.85. The number of carboxylic acids is 6. The van der Waals surface area contributed by atoms with E-state index in [0.29, 0.717) is 21.3 Å². The van der Waals surface area contributed by atoms with Crippen LogP contribution in [0, 0.1) is 24.8 Å². The Hall–Kier alpha value is -10.9. The predicted octanol–water partition coefficient (Wildman–Crippen LogP) is 4.59. The molecule has 0 saturated carbocycles. The number of hydrogen-bond donors (Lipinski definition) is 10. The van der Waals surface area contributed by atoms with Crippen LogP contribution in [0.3, 0.4) is 0 Å². The van der Waals surface area contributed by atoms with Gasteiger partial charge in [0.2, 0.25) is 11.6 Å². The summed E-state index contributed by atoms with van der Waals surface area (Å²) < 4.78 is 1.09. The maximum absolute atomic E-state index is 13.7. The van der Waals surface area contributed by atoms with E-state index in [1.807, 2.05) is 0 Å². The zero-order valence-electron chi connectivity index (χ0n) is 37.4. The lowest BCUT2D eigenvalue weighted by Gasteiger charge is -2.16. The highest BCUT2D eigenvalue weighted by atomic mass is 16.4. The number of benzene rings is 3. The predicted molar refractivity (Wildman–Crippen MR) is 244 cm³/mol. The van der Waals surface area contributed by atoms with Crippen LogP contribution in [0.15, 0.2) is 78.6 Å². The number of carbonyl (C=O) groups is 8. The molecule has 0 atom stereocenters. The molecule has 10 N–H and O–H groups in total. The second-order valence-corrected chi connectivity index (χ2v) is 14.8. The molecule has 73 heavy (non-hydrogen) atoms. The largest absolute Gasteiger partial charge is 0.503 e. The Morgan fingerprint density at radius 1 is 0.616 bits per heavy atom. The monoisotopic (exact) mass is 1000 g/mol. The summed E-state index contributed by atoms with van der Waals surface area (Å²) in [5.74, 6) is -14.3. The number of nitrogens with zero attached hydrogens (tertiary/aromatic N) is 8. The Bertz CT molecular complexity index is 3490. The smallest absolute Gasteiger partial charge is 0.337 e. The number of aromatic hydroxyl groups is 2. The molecule has 0 fully saturated rings. The van der Waals surface area contributed by atoms with Gasteiger partial charge in [0.25, 0.3) is 22.9 Å². The molecule has 5 rings (SSSR count). The molecule has 2 amide bonds. The molecule has 2 aromatic heterocycles. The Morgan fingerprint density at radius 2 is 1.08 bits per heavy atom. The first-order valence-electron chi connectivity index (χ1n) is 20.5. The fraction of sp³-hybridized carbons (Fsp3) is 0.156. The van der Waals surface area contributed by atoms with Crippen LogP contribution < -0.4 is 21.8 Å². The Balaban J connectivity index is 1.42. The van der Waals surface area contributed by atoms with E-state index in [9.17, 15) is 94.1 Å². The molecule has 5 aromatic rings. The number of nitriles is 1. The number of hydrogen-bond acceptors (Lipinski definition) is 17. The average molecular weight is 1000 g/mol. The van der Waals surface area contributed by atoms with Crippen LogP contribution in [-0.4, -0.2) is 111 Å². The van der Waals surface area contributed by atoms with Crippen molar-refractivity contribution in [2.24, 2.45) is 20.5 Å². The van der Waals surface area contributed by atoms with Gasteiger partial charge in [0, 0.05) is 31.7 Å². The van der Waals surface area contributed by atoms with E-state index in [0.717, 1.165) is 36.4 Å². The Kier molecular flexibility index (Phi) is 16.0. The van der Waals surface area contributed by atoms with Gasteiger partial charge < -0.3 is 51.5 Å². The summed E-state index contributed by atoms with van der Waals surface area (Å²) in [4.78, 5) is 129. The molecule has 0 aliphatic rings. The third-order valence-corrected chi connectivity index (χ3v) is 10.5. The Morgan fingerprint density at radius 3 is 1.53 bits per heavy atom. The molecule has 0 aliphatic heterocycles. The quantitative estimate of drug-likeness (QED) is 0.0399. The highest BCUT2D eigenvalue weighted by Gasteiger charge is 2.28. The van der Waals surface area contributed by atoms with Crippen LogP contribution in [0.2, 0.25) is 0 Å². The van der Waals surface area contributed by atoms with Crippen LogP contribution in [-0.2, 0) is 19.5 Å². The van der Waals surface area contributed by atoms with E-state index in [4.69, 9.17) is 6.57 Å². The summed E-state index contributed by atoms with van der Waals surface area (Å²) >= 11 is 0. The topological polar surface area (TPSA) is 444 Å². The van der Waals surface area contributed by atoms with Gasteiger partial charge in [-0.15, -0.1) is 20.5 Å². The molecule has 0 radical (unpaired) electrons. The molecule has 0 saturated heterocycles. The fourth-order valence-corrected chi connectivity index (χ4v) is 6.98. The molecule has 0 unspecified atom stereocenters. The number of nitrogens with one attached hydrogen (secondary N) is 2. The first-order chi connectivity index (χ1) is 34.5. The van der Waals surface area contributed by atoms with Crippen molar-refractivity contribution < 1.29 is 79.2 Å². The first kappa shape index (κ1) is 53.1. The van der Waals surface area contributed by atoms with E-state index >= 15 is 0 Å². The molecular formula is C45H34N10O18. The number of azo groups is 2. The molecule has 28 nitrogen and oxygen atoms in total. The molecular weight excluding hydrogens is 969 g/mol. The van der Waals surface area contributed by atoms with Gasteiger partial charge in [-0.1, -0.05) is 13.0 Å². The van der Waals surface area contributed by atoms with Crippen LogP contribution in [0.25, 0.3) is 4.85 Å². The van der Waals surface area contributed by atoms with Crippen LogP contribution in [0.4, 0.5) is 28.4 Å². The number of aromatic carboxylic acids is 6. The zero-order chi connectivity index (χ0) is 54.2. The van der Waals surface area contributed by atoms with Crippen LogP contribution in [0.5, 0.6) is 11.8 Å². The minimum Gasteiger partial charge on any atom is -0.503 e. The fourth-order valence-electron chi connectivity index (χ4n) is 6.98. The van der Waals surface area contributed by atoms with E-state index < -0.39 is 170 Å². The van der Waals surface area contributed by atoms with Gasteiger partial charge in [-0.3, -0.25) is 28.3 Å². The van der Waals surface area contributed by atoms with Crippen molar-refractivity contribution in [3.63, 3.8) is 0 Å². The third-order valence-electron chi connectivity index (χ3n) is 10.5. The summed E-state index contributed by atoms with van der Waals surface area (Å²) in [6.45, 7) is 7.54. The van der Waals surface area contributed by atoms with E-state index in [2.05, 4.69) is 35.9 Å². The Labute approximate surface area is 406 Å². The van der Waals surface area contributed by atoms with Crippen LogP contribution in [0.1, 0.15) is 106 Å². The summed E-state index contributed by atoms with van der Waals surface area (Å²) in [7, 11) is 0. The van der Waals surface area contributed by atoms with E-state index in [-0.39, 0.29) is 23.1 Å². The molecule has 372 valence electrons. The molecule has 28 heteroatoms. The van der Waals surface area contributed by atoms with Gasteiger partial charge in [0.15, 0.2) is 11.6 Å². The molecule has 0 spiro atoms. The third kappa shape index (κ3) is 10.9. The maximum Gasteiger partial charge on any atom is 0.337 e. The molecule has 0 aliphatic carbocycles. The SMILES string of the molecule is [C-]#[N+]c1c(C)c(N=Nc2cc(C(=O)O)ccc2C(=O)O)c(=O)n(CCNC(=O)c2cc(C(=O)O)c(C(=O)NCCn3c(O)c(C#N)c(CC)c(N=Nc4c(C(=O)O)cccc4C(=O)O)c3=O)cc2C(=O)O)c1O. The minimum absolute atomic E-state index is 0.133. The van der Waals surface area contributed by atoms with Gasteiger partial charge >= 0.3 is 35.8 Å². The molecule has 2 heterocycles. The summed E-state index contributed by atoms with van der Waals surface area (Å²) in [6, 6.07) is 8.71. The number of carboxylic acid groups (broad SMARTS) is 6. The van der Waals surface area contributed by atoms with Gasteiger partial charge in [-0.25, -0.2) is 33.6 Å². The number of amides is 2. The van der Waals surface area contributed by atoms with E-state index in [1.54, 1.807) is 6.07 Å². The van der Waals surface area contributed by atoms with Gasteiger partial charge in [-0.2, -0.15) is 5.26 Å². The van der Waals surface area contributed by atoms with Gasteiger partial charge in [0.05, 0.1) is 51.1 Å². The van der Waals surface area contributed by atoms with Crippen molar-refractivity contribution in [1.29, 1.82) is 5.26 Å². The van der Waals surface area contributed by atoms with Crippen molar-refractivity contribution in [1.82, 2.24) is 19.8 Å². The average Bonchev–Trinajstić information content (AvgIpc) is 3.34. The van der Waals surface area contributed by atoms with Crippen molar-refractivity contribution in [2.75, 3.05) is 13.1 Å². The second-order valence-electron chi connectivity index (χ2n) is 14.8. The standard InChI is InChI=1S/C45H34N10O18/c1-4-20-28(17-46)36(58)54(39(61)33(20)53-52-32-22(42(66)67)6-5-7-23(32)43(68)69)12-10-48-34(56)24-15-27(45(72)73)25(16-26(24)44(70)71)35(57)49-11-13-55-37(59)30(47-3)18(2)31(38(55)60)51-50-29-14-19(40(62)63)8-9-21(29)41(64)65/h5-9,14-16,58-59H,4,10-13H2,1-2H3,(H,48,56)(H,49,57)(H,62,63)(H,64,65)(H,66,67)(H,68,69)(H,70,71)(H,72,73). The number of aromatic nitrogens is 2. The first-order valence-corrected chi connectivity index (χ1v) is 20.5. The highest BCUT2D eigenvalue weighted by molar-refractivity contribution is 6.12. The second kappa shape index (κ2) is 22.0. The van der Waals surface area contributed by atoms with Crippen molar-refractivity contribution in [3.05, 3.63) is 142 Å². The van der Waals surface area contributed by atoms with Crippen LogP contribution >= 0.6 is 0 Å². The van der Waals surface area contributed by atoms with Crippen molar-refractivity contribution in [2.45, 2.75) is 33.4 Å². The zero-order valence-corrected chi connectivity index (χ0v) is 37.4. The molecule has 3 aromatic carbocycles. The molecule has 0 bridgehead atoms. The maximum atomic E-state index is 13.7. The van der Waals surface area contributed by atoms with Gasteiger partial charge in [0.1, 0.15) is 28.7 Å². The summed E-state index contributed by atoms with van der Waals surface area (Å²) in [6.07, 6.45) is -0.133. The summed E-state index contributed by atoms with van der Waals surface area (Å²) in [5.41, 5.74) is -11.8. The lowest BCUT2D eigenvalue weighted by atomic mass is 9.97. The lowest BCUT2D eigenvalue weighted by molar-refractivity contribution is 0.0675. The number of carbonyl (C=O) groups excluding carboxylic acids is 2. The van der Waals surface area contributed by atoms with Crippen molar-refractivity contribution >= 4 is 76.1 Å². The van der Waals surface area contributed by atoms with E-state index in [1.165, 1.54) is 13.8 Å². The normalized spacial score (nSPS) is 10.9. The van der Waals surface area contributed by atoms with Gasteiger partial charge in [-0.05, 0) is 61.4 Å². The summed E-state index contributed by atoms with van der Waals surface area (Å²) in [5, 5.41) is 109. The number of pyridine rings is 2. The number of rotatable bonds is 19. The lowest BCUT2D eigenvalue weighted by Crippen LogP contribution is -2.34. The highest BCUT2D eigenvalue weighted by Crippen LogP contribution is 2.35.